The average molecular weight is 244 g/mol. The van der Waals surface area contributed by atoms with E-state index in [1.165, 1.54) is 0 Å². The summed E-state index contributed by atoms with van der Waals surface area (Å²) in [4.78, 5) is 18.3. The van der Waals surface area contributed by atoms with Gasteiger partial charge in [0, 0.05) is 5.56 Å². The number of nitrogens with one attached hydrogen (secondary N) is 1. The molecule has 0 aliphatic carbocycles. The van der Waals surface area contributed by atoms with Crippen LogP contribution in [0.25, 0.3) is 11.3 Å². The summed E-state index contributed by atoms with van der Waals surface area (Å²) in [5.41, 5.74) is 4.83. The normalized spacial score (nSPS) is 10.7. The number of rotatable bonds is 2. The Morgan fingerprint density at radius 1 is 1.17 bits per heavy atom. The summed E-state index contributed by atoms with van der Waals surface area (Å²) >= 11 is 0. The standard InChI is InChI=1S/C14H16N2O2/c1-7-5-8(2)11(9(3)6-7)12-13(14(17)18)16-10(4)15-12/h5-6H,1-4H3,(H,15,16)(H,17,18). The van der Waals surface area contributed by atoms with Crippen molar-refractivity contribution in [3.63, 3.8) is 0 Å². The number of aryl methyl sites for hydroxylation is 4. The predicted octanol–water partition coefficient (Wildman–Crippen LogP) is 3.01. The van der Waals surface area contributed by atoms with E-state index in [0.717, 1.165) is 22.3 Å². The van der Waals surface area contributed by atoms with Crippen LogP contribution in [0.3, 0.4) is 0 Å². The van der Waals surface area contributed by atoms with Crippen LogP contribution in [0, 0.1) is 27.7 Å². The van der Waals surface area contributed by atoms with Crippen molar-refractivity contribution in [3.05, 3.63) is 40.3 Å². The number of carbonyl (C=O) groups is 1. The van der Waals surface area contributed by atoms with Gasteiger partial charge in [0.2, 0.25) is 0 Å². The summed E-state index contributed by atoms with van der Waals surface area (Å²) < 4.78 is 0. The van der Waals surface area contributed by atoms with Crippen LogP contribution in [0.4, 0.5) is 0 Å². The van der Waals surface area contributed by atoms with E-state index in [1.807, 2.05) is 32.9 Å². The van der Waals surface area contributed by atoms with Crippen molar-refractivity contribution in [2.45, 2.75) is 27.7 Å². The molecule has 0 spiro atoms. The molecule has 4 heteroatoms. The first kappa shape index (κ1) is 12.4. The highest BCUT2D eigenvalue weighted by Gasteiger charge is 2.19. The van der Waals surface area contributed by atoms with Gasteiger partial charge < -0.3 is 10.1 Å². The van der Waals surface area contributed by atoms with Gasteiger partial charge in [-0.3, -0.25) is 0 Å². The Hall–Kier alpha value is -2.10. The van der Waals surface area contributed by atoms with Crippen molar-refractivity contribution in [2.24, 2.45) is 0 Å². The minimum Gasteiger partial charge on any atom is -0.477 e. The molecule has 0 aliphatic heterocycles. The molecule has 0 unspecified atom stereocenters. The fourth-order valence-electron chi connectivity index (χ4n) is 2.38. The van der Waals surface area contributed by atoms with E-state index in [2.05, 4.69) is 9.97 Å². The molecule has 0 aliphatic rings. The largest absolute Gasteiger partial charge is 0.477 e. The van der Waals surface area contributed by atoms with Gasteiger partial charge in [0.15, 0.2) is 5.69 Å². The van der Waals surface area contributed by atoms with E-state index in [1.54, 1.807) is 6.92 Å². The summed E-state index contributed by atoms with van der Waals surface area (Å²) in [6.45, 7) is 7.74. The molecule has 1 aromatic heterocycles. The third-order valence-corrected chi connectivity index (χ3v) is 2.95. The second-order valence-electron chi connectivity index (χ2n) is 4.62. The number of H-pyrrole nitrogens is 1. The van der Waals surface area contributed by atoms with Gasteiger partial charge in [0.05, 0.1) is 0 Å². The zero-order chi connectivity index (χ0) is 13.4. The summed E-state index contributed by atoms with van der Waals surface area (Å²) in [5.74, 6) is -0.369. The average Bonchev–Trinajstić information content (AvgIpc) is 2.58. The Morgan fingerprint density at radius 3 is 2.22 bits per heavy atom. The quantitative estimate of drug-likeness (QED) is 0.853. The van der Waals surface area contributed by atoms with E-state index in [0.29, 0.717) is 11.5 Å². The molecule has 0 atom stereocenters. The molecule has 1 heterocycles. The number of carboxylic acid groups (broad SMARTS) is 1. The van der Waals surface area contributed by atoms with Gasteiger partial charge in [0.25, 0.3) is 0 Å². The second kappa shape index (κ2) is 4.29. The summed E-state index contributed by atoms with van der Waals surface area (Å²) in [6.07, 6.45) is 0. The lowest BCUT2D eigenvalue weighted by atomic mass is 9.96. The monoisotopic (exact) mass is 244 g/mol. The van der Waals surface area contributed by atoms with E-state index < -0.39 is 5.97 Å². The molecule has 0 saturated carbocycles. The zero-order valence-corrected chi connectivity index (χ0v) is 11.0. The number of imidazole rings is 1. The molecule has 2 rings (SSSR count). The molecule has 0 radical (unpaired) electrons. The fraction of sp³-hybridized carbons (Fsp3) is 0.286. The number of aromatic nitrogens is 2. The summed E-state index contributed by atoms with van der Waals surface area (Å²) in [7, 11) is 0. The summed E-state index contributed by atoms with van der Waals surface area (Å²) in [5, 5.41) is 9.21. The minimum atomic E-state index is -0.982. The Morgan fingerprint density at radius 2 is 1.72 bits per heavy atom. The van der Waals surface area contributed by atoms with E-state index >= 15 is 0 Å². The van der Waals surface area contributed by atoms with Gasteiger partial charge in [-0.15, -0.1) is 0 Å². The maximum atomic E-state index is 11.2. The van der Waals surface area contributed by atoms with Crippen LogP contribution in [0.2, 0.25) is 0 Å². The zero-order valence-electron chi connectivity index (χ0n) is 11.0. The number of benzene rings is 1. The molecule has 18 heavy (non-hydrogen) atoms. The first-order valence-electron chi connectivity index (χ1n) is 5.78. The lowest BCUT2D eigenvalue weighted by Crippen LogP contribution is -2.01. The van der Waals surface area contributed by atoms with Crippen molar-refractivity contribution in [1.82, 2.24) is 9.97 Å². The van der Waals surface area contributed by atoms with Crippen LogP contribution < -0.4 is 0 Å². The van der Waals surface area contributed by atoms with Gasteiger partial charge >= 0.3 is 5.97 Å². The Bertz CT molecular complexity index is 604. The topological polar surface area (TPSA) is 66.0 Å². The van der Waals surface area contributed by atoms with Crippen molar-refractivity contribution in [3.8, 4) is 11.3 Å². The van der Waals surface area contributed by atoms with Gasteiger partial charge in [-0.05, 0) is 38.8 Å². The second-order valence-corrected chi connectivity index (χ2v) is 4.62. The first-order chi connectivity index (χ1) is 8.40. The predicted molar refractivity (Wildman–Crippen MR) is 69.9 cm³/mol. The first-order valence-corrected chi connectivity index (χ1v) is 5.78. The van der Waals surface area contributed by atoms with Crippen LogP contribution >= 0.6 is 0 Å². The minimum absolute atomic E-state index is 0.155. The van der Waals surface area contributed by atoms with E-state index in [-0.39, 0.29) is 5.69 Å². The maximum absolute atomic E-state index is 11.2. The molecular weight excluding hydrogens is 228 g/mol. The molecule has 4 nitrogen and oxygen atoms in total. The number of nitrogens with zero attached hydrogens (tertiary/aromatic N) is 1. The molecule has 2 aromatic rings. The van der Waals surface area contributed by atoms with Crippen molar-refractivity contribution < 1.29 is 9.90 Å². The highest BCUT2D eigenvalue weighted by Crippen LogP contribution is 2.29. The molecule has 2 N–H and O–H groups in total. The van der Waals surface area contributed by atoms with Gasteiger partial charge in [-0.2, -0.15) is 0 Å². The highest BCUT2D eigenvalue weighted by molar-refractivity contribution is 5.94. The van der Waals surface area contributed by atoms with Crippen molar-refractivity contribution in [1.29, 1.82) is 0 Å². The Kier molecular flexibility index (Phi) is 2.95. The molecule has 0 saturated heterocycles. The number of carboxylic acids is 1. The van der Waals surface area contributed by atoms with Crippen molar-refractivity contribution in [2.75, 3.05) is 0 Å². The fourth-order valence-corrected chi connectivity index (χ4v) is 2.38. The van der Waals surface area contributed by atoms with Crippen LogP contribution in [-0.2, 0) is 0 Å². The van der Waals surface area contributed by atoms with Crippen LogP contribution in [0.15, 0.2) is 12.1 Å². The van der Waals surface area contributed by atoms with Crippen LogP contribution in [0.1, 0.15) is 33.0 Å². The number of aromatic carboxylic acids is 1. The van der Waals surface area contributed by atoms with Crippen LogP contribution in [-0.4, -0.2) is 21.0 Å². The molecule has 94 valence electrons. The Balaban J connectivity index is 2.73. The van der Waals surface area contributed by atoms with Gasteiger partial charge in [-0.25, -0.2) is 9.78 Å². The molecule has 0 bridgehead atoms. The molecular formula is C14H16N2O2. The highest BCUT2D eigenvalue weighted by atomic mass is 16.4. The third-order valence-electron chi connectivity index (χ3n) is 2.95. The summed E-state index contributed by atoms with van der Waals surface area (Å²) in [6, 6.07) is 4.08. The lowest BCUT2D eigenvalue weighted by molar-refractivity contribution is 0.0692. The maximum Gasteiger partial charge on any atom is 0.354 e. The Labute approximate surface area is 106 Å². The molecule has 1 aromatic carbocycles. The van der Waals surface area contributed by atoms with Crippen LogP contribution in [0.5, 0.6) is 0 Å². The van der Waals surface area contributed by atoms with Gasteiger partial charge in [0.1, 0.15) is 11.5 Å². The molecule has 0 fully saturated rings. The number of hydrogen-bond acceptors (Lipinski definition) is 2. The number of hydrogen-bond donors (Lipinski definition) is 2. The SMILES string of the molecule is Cc1cc(C)c(-c2nc(C)[nH]c2C(=O)O)c(C)c1. The van der Waals surface area contributed by atoms with E-state index in [9.17, 15) is 9.90 Å². The van der Waals surface area contributed by atoms with Crippen molar-refractivity contribution >= 4 is 5.97 Å². The number of aromatic amines is 1. The molecule has 0 amide bonds. The van der Waals surface area contributed by atoms with E-state index in [4.69, 9.17) is 0 Å². The third kappa shape index (κ3) is 2.01. The lowest BCUT2D eigenvalue weighted by Gasteiger charge is -2.09. The smallest absolute Gasteiger partial charge is 0.354 e. The van der Waals surface area contributed by atoms with Gasteiger partial charge in [-0.1, -0.05) is 17.7 Å².